The second-order valence-electron chi connectivity index (χ2n) is 4.22. The molecule has 0 aromatic heterocycles. The number of rotatable bonds is 3. The van der Waals surface area contributed by atoms with Gasteiger partial charge in [0.1, 0.15) is 11.4 Å². The summed E-state index contributed by atoms with van der Waals surface area (Å²) in [5.74, 6) is 0.801. The van der Waals surface area contributed by atoms with Gasteiger partial charge in [-0.15, -0.1) is 0 Å². The molecule has 0 aliphatic carbocycles. The molecule has 1 amide bonds. The van der Waals surface area contributed by atoms with Crippen molar-refractivity contribution in [1.29, 1.82) is 0 Å². The van der Waals surface area contributed by atoms with E-state index in [1.165, 1.54) is 0 Å². The summed E-state index contributed by atoms with van der Waals surface area (Å²) in [4.78, 5) is 13.7. The van der Waals surface area contributed by atoms with Gasteiger partial charge >= 0.3 is 0 Å². The summed E-state index contributed by atoms with van der Waals surface area (Å²) >= 11 is 0. The molecular weight excluding hydrogens is 216 g/mol. The first-order valence-corrected chi connectivity index (χ1v) is 5.99. The SMILES string of the molecule is CCCOc1cccc2c1NC(=O)CCN2C. The number of carbonyl (C=O) groups is 1. The summed E-state index contributed by atoms with van der Waals surface area (Å²) in [5, 5.41) is 2.92. The molecule has 0 bridgehead atoms. The van der Waals surface area contributed by atoms with Crippen molar-refractivity contribution in [2.75, 3.05) is 30.4 Å². The van der Waals surface area contributed by atoms with Crippen LogP contribution >= 0.6 is 0 Å². The minimum absolute atomic E-state index is 0.0446. The molecule has 1 aliphatic rings. The highest BCUT2D eigenvalue weighted by Crippen LogP contribution is 2.36. The van der Waals surface area contributed by atoms with Crippen molar-refractivity contribution in [3.05, 3.63) is 18.2 Å². The average molecular weight is 234 g/mol. The molecule has 2 rings (SSSR count). The Balaban J connectivity index is 2.36. The molecule has 0 spiro atoms. The maximum Gasteiger partial charge on any atom is 0.226 e. The zero-order valence-corrected chi connectivity index (χ0v) is 10.3. The Morgan fingerprint density at radius 3 is 3.06 bits per heavy atom. The normalized spacial score (nSPS) is 14.9. The number of fused-ring (bicyclic) bond motifs is 1. The number of hydrogen-bond acceptors (Lipinski definition) is 3. The number of ether oxygens (including phenoxy) is 1. The predicted octanol–water partition coefficient (Wildman–Crippen LogP) is 2.25. The van der Waals surface area contributed by atoms with Crippen LogP contribution in [0, 0.1) is 0 Å². The van der Waals surface area contributed by atoms with E-state index in [2.05, 4.69) is 17.1 Å². The Hall–Kier alpha value is -1.71. The fourth-order valence-corrected chi connectivity index (χ4v) is 1.89. The molecule has 4 heteroatoms. The first kappa shape index (κ1) is 11.8. The van der Waals surface area contributed by atoms with Gasteiger partial charge in [0, 0.05) is 20.0 Å². The number of anilines is 2. The van der Waals surface area contributed by atoms with Gasteiger partial charge in [-0.25, -0.2) is 0 Å². The molecule has 0 atom stereocenters. The summed E-state index contributed by atoms with van der Waals surface area (Å²) in [5.41, 5.74) is 1.82. The summed E-state index contributed by atoms with van der Waals surface area (Å²) in [6.07, 6.45) is 1.46. The Labute approximate surface area is 102 Å². The van der Waals surface area contributed by atoms with Gasteiger partial charge in [-0.3, -0.25) is 4.79 Å². The van der Waals surface area contributed by atoms with Crippen LogP contribution in [0.15, 0.2) is 18.2 Å². The molecule has 1 aliphatic heterocycles. The molecule has 92 valence electrons. The number of carbonyl (C=O) groups excluding carboxylic acids is 1. The molecular formula is C13H18N2O2. The first-order chi connectivity index (χ1) is 8.22. The van der Waals surface area contributed by atoms with E-state index in [1.807, 2.05) is 25.2 Å². The Morgan fingerprint density at radius 1 is 1.47 bits per heavy atom. The van der Waals surface area contributed by atoms with Crippen molar-refractivity contribution in [2.24, 2.45) is 0 Å². The highest BCUT2D eigenvalue weighted by Gasteiger charge is 2.19. The number of nitrogens with one attached hydrogen (secondary N) is 1. The third-order valence-electron chi connectivity index (χ3n) is 2.82. The largest absolute Gasteiger partial charge is 0.491 e. The summed E-state index contributed by atoms with van der Waals surface area (Å²) < 4.78 is 5.66. The molecule has 0 saturated carbocycles. The van der Waals surface area contributed by atoms with Crippen molar-refractivity contribution in [3.63, 3.8) is 0 Å². The number of para-hydroxylation sites is 1. The van der Waals surface area contributed by atoms with Crippen LogP contribution in [0.4, 0.5) is 11.4 Å². The molecule has 1 aromatic carbocycles. The van der Waals surface area contributed by atoms with E-state index in [-0.39, 0.29) is 5.91 Å². The maximum atomic E-state index is 11.6. The van der Waals surface area contributed by atoms with Gasteiger partial charge in [0.05, 0.1) is 12.3 Å². The number of benzene rings is 1. The maximum absolute atomic E-state index is 11.6. The summed E-state index contributed by atoms with van der Waals surface area (Å²) in [7, 11) is 1.99. The molecule has 1 heterocycles. The number of hydrogen-bond donors (Lipinski definition) is 1. The van der Waals surface area contributed by atoms with Crippen LogP contribution in [-0.4, -0.2) is 26.1 Å². The van der Waals surface area contributed by atoms with Crippen molar-refractivity contribution in [3.8, 4) is 5.75 Å². The predicted molar refractivity (Wildman–Crippen MR) is 68.7 cm³/mol. The lowest BCUT2D eigenvalue weighted by atomic mass is 10.2. The highest BCUT2D eigenvalue weighted by molar-refractivity contribution is 5.98. The quantitative estimate of drug-likeness (QED) is 0.872. The monoisotopic (exact) mass is 234 g/mol. The molecule has 1 N–H and O–H groups in total. The second kappa shape index (κ2) is 5.08. The number of nitrogens with zero attached hydrogens (tertiary/aromatic N) is 1. The van der Waals surface area contributed by atoms with Crippen LogP contribution in [0.3, 0.4) is 0 Å². The van der Waals surface area contributed by atoms with Gasteiger partial charge in [0.25, 0.3) is 0 Å². The van der Waals surface area contributed by atoms with Gasteiger partial charge in [-0.05, 0) is 18.6 Å². The van der Waals surface area contributed by atoms with Gasteiger partial charge in [0.15, 0.2) is 0 Å². The van der Waals surface area contributed by atoms with Crippen LogP contribution < -0.4 is 15.0 Å². The smallest absolute Gasteiger partial charge is 0.226 e. The lowest BCUT2D eigenvalue weighted by molar-refractivity contribution is -0.115. The van der Waals surface area contributed by atoms with E-state index < -0.39 is 0 Å². The zero-order chi connectivity index (χ0) is 12.3. The fourth-order valence-electron chi connectivity index (χ4n) is 1.89. The average Bonchev–Trinajstić information content (AvgIpc) is 2.47. The van der Waals surface area contributed by atoms with Crippen LogP contribution in [0.25, 0.3) is 0 Å². The van der Waals surface area contributed by atoms with E-state index in [9.17, 15) is 4.79 Å². The Kier molecular flexibility index (Phi) is 3.52. The minimum Gasteiger partial charge on any atom is -0.491 e. The highest BCUT2D eigenvalue weighted by atomic mass is 16.5. The molecule has 0 unspecified atom stereocenters. The van der Waals surface area contributed by atoms with Crippen molar-refractivity contribution in [1.82, 2.24) is 0 Å². The van der Waals surface area contributed by atoms with E-state index in [1.54, 1.807) is 0 Å². The Morgan fingerprint density at radius 2 is 2.29 bits per heavy atom. The molecule has 17 heavy (non-hydrogen) atoms. The number of amides is 1. The molecule has 0 radical (unpaired) electrons. The molecule has 1 aromatic rings. The van der Waals surface area contributed by atoms with Gasteiger partial charge < -0.3 is 15.0 Å². The van der Waals surface area contributed by atoms with Crippen molar-refractivity contribution >= 4 is 17.3 Å². The fraction of sp³-hybridized carbons (Fsp3) is 0.462. The second-order valence-corrected chi connectivity index (χ2v) is 4.22. The van der Waals surface area contributed by atoms with Crippen molar-refractivity contribution in [2.45, 2.75) is 19.8 Å². The lowest BCUT2D eigenvalue weighted by Crippen LogP contribution is -2.18. The molecule has 0 saturated heterocycles. The standard InChI is InChI=1S/C13H18N2O2/c1-3-9-17-11-6-4-5-10-13(11)14-12(16)7-8-15(10)2/h4-6H,3,7-9H2,1-2H3,(H,14,16). The molecule has 0 fully saturated rings. The minimum atomic E-state index is 0.0446. The van der Waals surface area contributed by atoms with E-state index in [0.717, 1.165) is 30.1 Å². The first-order valence-electron chi connectivity index (χ1n) is 5.99. The molecule has 4 nitrogen and oxygen atoms in total. The summed E-state index contributed by atoms with van der Waals surface area (Å²) in [6, 6.07) is 5.85. The Bertz CT molecular complexity index is 418. The van der Waals surface area contributed by atoms with E-state index >= 15 is 0 Å². The van der Waals surface area contributed by atoms with Gasteiger partial charge in [0.2, 0.25) is 5.91 Å². The van der Waals surface area contributed by atoms with Crippen LogP contribution in [0.1, 0.15) is 19.8 Å². The van der Waals surface area contributed by atoms with E-state index in [0.29, 0.717) is 13.0 Å². The third kappa shape index (κ3) is 2.52. The summed E-state index contributed by atoms with van der Waals surface area (Å²) in [6.45, 7) is 3.46. The van der Waals surface area contributed by atoms with Gasteiger partial charge in [-0.2, -0.15) is 0 Å². The third-order valence-corrected chi connectivity index (χ3v) is 2.82. The van der Waals surface area contributed by atoms with E-state index in [4.69, 9.17) is 4.74 Å². The van der Waals surface area contributed by atoms with Crippen LogP contribution in [-0.2, 0) is 4.79 Å². The van der Waals surface area contributed by atoms with Crippen LogP contribution in [0.2, 0.25) is 0 Å². The van der Waals surface area contributed by atoms with Gasteiger partial charge in [-0.1, -0.05) is 13.0 Å². The van der Waals surface area contributed by atoms with Crippen LogP contribution in [0.5, 0.6) is 5.75 Å². The van der Waals surface area contributed by atoms with Crippen molar-refractivity contribution < 1.29 is 9.53 Å². The topological polar surface area (TPSA) is 41.6 Å². The zero-order valence-electron chi connectivity index (χ0n) is 10.3. The lowest BCUT2D eigenvalue weighted by Gasteiger charge is -2.20.